The lowest BCUT2D eigenvalue weighted by atomic mass is 9.76. The second-order valence-electron chi connectivity index (χ2n) is 10.5. The first-order valence-corrected chi connectivity index (χ1v) is 13.9. The molecule has 230 valence electrons. The fourth-order valence-corrected chi connectivity index (χ4v) is 5.52. The van der Waals surface area contributed by atoms with Crippen molar-refractivity contribution < 1.29 is 52.8 Å². The maximum absolute atomic E-state index is 13.2. The van der Waals surface area contributed by atoms with Crippen LogP contribution in [0.15, 0.2) is 48.5 Å². The Morgan fingerprint density at radius 1 is 0.814 bits per heavy atom. The molecular formula is C31H35NO11. The van der Waals surface area contributed by atoms with E-state index in [0.29, 0.717) is 0 Å². The molecule has 7 atom stereocenters. The summed E-state index contributed by atoms with van der Waals surface area (Å²) in [5.74, 6) is -3.10. The number of amides is 1. The van der Waals surface area contributed by atoms with E-state index < -0.39 is 61.2 Å². The Hall–Kier alpha value is -4.29. The molecular weight excluding hydrogens is 562 g/mol. The number of aliphatic hydroxyl groups is 1. The highest BCUT2D eigenvalue weighted by atomic mass is 16.7. The summed E-state index contributed by atoms with van der Waals surface area (Å²) < 4.78 is 26.7. The predicted octanol–water partition coefficient (Wildman–Crippen LogP) is 2.46. The standard InChI is InChI=1S/C31H35NO11/c1-16(33)32-25-14-13-22(23-7-5-6-8-24(23)25)20-9-11-21(12-10-20)30(38)43-31-29(41-19(4)36)28(40-18(3)35)27(37)26(42-31)15-39-17(2)34/h5-12,22,25-29,31,37H,13-15H2,1-4H3,(H,32,33)/t22?,25?,26?,27-,28?,29?,31+/m1/s1. The lowest BCUT2D eigenvalue weighted by Gasteiger charge is -2.42. The zero-order chi connectivity index (χ0) is 31.3. The van der Waals surface area contributed by atoms with Crippen LogP contribution in [0.5, 0.6) is 0 Å². The van der Waals surface area contributed by atoms with Gasteiger partial charge in [-0.3, -0.25) is 19.2 Å². The predicted molar refractivity (Wildman–Crippen MR) is 148 cm³/mol. The fourth-order valence-electron chi connectivity index (χ4n) is 5.52. The highest BCUT2D eigenvalue weighted by Crippen LogP contribution is 2.41. The minimum atomic E-state index is -1.60. The van der Waals surface area contributed by atoms with Crippen molar-refractivity contribution in [1.82, 2.24) is 5.32 Å². The van der Waals surface area contributed by atoms with E-state index in [9.17, 15) is 29.1 Å². The number of nitrogens with one attached hydrogen (secondary N) is 1. The van der Waals surface area contributed by atoms with E-state index in [1.54, 1.807) is 12.1 Å². The molecule has 1 amide bonds. The van der Waals surface area contributed by atoms with Crippen LogP contribution in [0.4, 0.5) is 0 Å². The number of hydrogen-bond donors (Lipinski definition) is 2. The smallest absolute Gasteiger partial charge is 0.340 e. The number of benzene rings is 2. The zero-order valence-electron chi connectivity index (χ0n) is 24.3. The van der Waals surface area contributed by atoms with Gasteiger partial charge in [0.2, 0.25) is 18.3 Å². The molecule has 1 heterocycles. The molecule has 2 aromatic rings. The van der Waals surface area contributed by atoms with E-state index in [1.807, 2.05) is 36.4 Å². The molecule has 1 aliphatic carbocycles. The Morgan fingerprint density at radius 2 is 1.44 bits per heavy atom. The van der Waals surface area contributed by atoms with E-state index in [4.69, 9.17) is 23.7 Å². The van der Waals surface area contributed by atoms with Gasteiger partial charge in [-0.15, -0.1) is 0 Å². The molecule has 0 bridgehead atoms. The van der Waals surface area contributed by atoms with Gasteiger partial charge in [0, 0.05) is 33.6 Å². The van der Waals surface area contributed by atoms with Gasteiger partial charge in [-0.2, -0.15) is 0 Å². The van der Waals surface area contributed by atoms with Gasteiger partial charge in [-0.05, 0) is 41.7 Å². The number of hydrogen-bond acceptors (Lipinski definition) is 11. The largest absolute Gasteiger partial charge is 0.463 e. The minimum absolute atomic E-state index is 0.0503. The topological polar surface area (TPSA) is 164 Å². The molecule has 4 rings (SSSR count). The van der Waals surface area contributed by atoms with Crippen molar-refractivity contribution in [2.24, 2.45) is 0 Å². The van der Waals surface area contributed by atoms with E-state index in [0.717, 1.165) is 50.3 Å². The average molecular weight is 598 g/mol. The molecule has 1 saturated heterocycles. The number of carbonyl (C=O) groups is 5. The van der Waals surface area contributed by atoms with Crippen molar-refractivity contribution in [2.45, 2.75) is 83.2 Å². The van der Waals surface area contributed by atoms with Crippen molar-refractivity contribution in [3.63, 3.8) is 0 Å². The van der Waals surface area contributed by atoms with Crippen LogP contribution in [0.3, 0.4) is 0 Å². The van der Waals surface area contributed by atoms with Crippen LogP contribution in [0.1, 0.15) is 79.5 Å². The number of rotatable bonds is 8. The fraction of sp³-hybridized carbons (Fsp3) is 0.452. The molecule has 1 fully saturated rings. The zero-order valence-corrected chi connectivity index (χ0v) is 24.3. The Balaban J connectivity index is 1.54. The number of carbonyl (C=O) groups excluding carboxylic acids is 5. The SMILES string of the molecule is CC(=O)NC1CCC(c2ccc(C(=O)O[C@@H]3OC(COC(C)=O)[C@@H](O)C(OC(C)=O)C3OC(C)=O)cc2)c2ccccc21. The lowest BCUT2D eigenvalue weighted by molar-refractivity contribution is -0.292. The Bertz CT molecular complexity index is 1360. The molecule has 0 saturated carbocycles. The maximum Gasteiger partial charge on any atom is 0.340 e. The van der Waals surface area contributed by atoms with E-state index >= 15 is 0 Å². The van der Waals surface area contributed by atoms with Crippen LogP contribution in [0.2, 0.25) is 0 Å². The van der Waals surface area contributed by atoms with Crippen LogP contribution in [0, 0.1) is 0 Å². The monoisotopic (exact) mass is 597 g/mol. The van der Waals surface area contributed by atoms with Crippen LogP contribution < -0.4 is 5.32 Å². The first-order valence-electron chi connectivity index (χ1n) is 13.9. The molecule has 2 N–H and O–H groups in total. The summed E-state index contributed by atoms with van der Waals surface area (Å²) in [6.45, 7) is 4.42. The highest BCUT2D eigenvalue weighted by Gasteiger charge is 2.51. The van der Waals surface area contributed by atoms with Gasteiger partial charge in [-0.25, -0.2) is 4.79 Å². The minimum Gasteiger partial charge on any atom is -0.463 e. The van der Waals surface area contributed by atoms with Gasteiger partial charge in [0.05, 0.1) is 11.6 Å². The first-order chi connectivity index (χ1) is 20.4. The number of esters is 4. The number of ether oxygens (including phenoxy) is 5. The second-order valence-corrected chi connectivity index (χ2v) is 10.5. The summed E-state index contributed by atoms with van der Waals surface area (Å²) in [6.07, 6.45) is -5.84. The van der Waals surface area contributed by atoms with Crippen molar-refractivity contribution in [3.05, 3.63) is 70.8 Å². The maximum atomic E-state index is 13.2. The molecule has 12 heteroatoms. The third kappa shape index (κ3) is 7.76. The molecule has 2 aromatic carbocycles. The summed E-state index contributed by atoms with van der Waals surface area (Å²) in [5.41, 5.74) is 3.28. The van der Waals surface area contributed by atoms with Gasteiger partial charge in [0.15, 0.2) is 6.10 Å². The van der Waals surface area contributed by atoms with Gasteiger partial charge in [0.1, 0.15) is 18.8 Å². The average Bonchev–Trinajstić information content (AvgIpc) is 2.95. The van der Waals surface area contributed by atoms with Crippen LogP contribution in [-0.2, 0) is 42.9 Å². The van der Waals surface area contributed by atoms with Gasteiger partial charge >= 0.3 is 23.9 Å². The van der Waals surface area contributed by atoms with Gasteiger partial charge < -0.3 is 34.1 Å². The second kappa shape index (κ2) is 13.8. The molecule has 0 radical (unpaired) electrons. The van der Waals surface area contributed by atoms with E-state index in [1.165, 1.54) is 6.92 Å². The summed E-state index contributed by atoms with van der Waals surface area (Å²) >= 11 is 0. The van der Waals surface area contributed by atoms with Crippen molar-refractivity contribution in [3.8, 4) is 0 Å². The quantitative estimate of drug-likeness (QED) is 0.339. The normalized spacial score (nSPS) is 26.3. The third-order valence-corrected chi connectivity index (χ3v) is 7.31. The number of aliphatic hydroxyl groups excluding tert-OH is 1. The van der Waals surface area contributed by atoms with Crippen LogP contribution >= 0.6 is 0 Å². The first kappa shape index (κ1) is 31.6. The molecule has 43 heavy (non-hydrogen) atoms. The molecule has 5 unspecified atom stereocenters. The molecule has 1 aliphatic heterocycles. The Morgan fingerprint density at radius 3 is 2.05 bits per heavy atom. The van der Waals surface area contributed by atoms with Crippen LogP contribution in [-0.4, -0.2) is 72.2 Å². The number of fused-ring (bicyclic) bond motifs is 1. The van der Waals surface area contributed by atoms with Crippen LogP contribution in [0.25, 0.3) is 0 Å². The van der Waals surface area contributed by atoms with Crippen molar-refractivity contribution >= 4 is 29.8 Å². The molecule has 12 nitrogen and oxygen atoms in total. The molecule has 0 aromatic heterocycles. The van der Waals surface area contributed by atoms with Gasteiger partial charge in [0.25, 0.3) is 0 Å². The molecule has 2 aliphatic rings. The lowest BCUT2D eigenvalue weighted by Crippen LogP contribution is -2.62. The highest BCUT2D eigenvalue weighted by molar-refractivity contribution is 5.89. The summed E-state index contributed by atoms with van der Waals surface area (Å²) in [7, 11) is 0. The van der Waals surface area contributed by atoms with E-state index in [-0.39, 0.29) is 23.4 Å². The summed E-state index contributed by atoms with van der Waals surface area (Å²) in [5, 5.41) is 13.8. The van der Waals surface area contributed by atoms with E-state index in [2.05, 4.69) is 5.32 Å². The third-order valence-electron chi connectivity index (χ3n) is 7.31. The Labute approximate surface area is 248 Å². The summed E-state index contributed by atoms with van der Waals surface area (Å²) in [4.78, 5) is 59.9. The molecule has 0 spiro atoms. The van der Waals surface area contributed by atoms with Gasteiger partial charge in [-0.1, -0.05) is 36.4 Å². The Kier molecular flexibility index (Phi) is 10.1. The summed E-state index contributed by atoms with van der Waals surface area (Å²) in [6, 6.07) is 14.7. The van der Waals surface area contributed by atoms with Crippen molar-refractivity contribution in [1.29, 1.82) is 0 Å². The van der Waals surface area contributed by atoms with Crippen molar-refractivity contribution in [2.75, 3.05) is 6.61 Å².